The zero-order valence-corrected chi connectivity index (χ0v) is 12.9. The van der Waals surface area contributed by atoms with Crippen LogP contribution >= 0.6 is 11.3 Å². The molecule has 0 amide bonds. The molecule has 0 aliphatic rings. The number of guanidine groups is 1. The van der Waals surface area contributed by atoms with Crippen molar-refractivity contribution >= 4 is 17.3 Å². The Morgan fingerprint density at radius 2 is 2.30 bits per heavy atom. The second-order valence-electron chi connectivity index (χ2n) is 4.41. The number of aryl methyl sites for hydroxylation is 2. The van der Waals surface area contributed by atoms with Gasteiger partial charge < -0.3 is 10.6 Å². The van der Waals surface area contributed by atoms with E-state index < -0.39 is 0 Å². The zero-order valence-electron chi connectivity index (χ0n) is 12.1. The number of nitrogens with one attached hydrogen (secondary N) is 2. The van der Waals surface area contributed by atoms with Crippen molar-refractivity contribution in [2.24, 2.45) is 12.0 Å². The number of aliphatic imine (C=N–C) groups is 1. The predicted molar refractivity (Wildman–Crippen MR) is 82.0 cm³/mol. The molecule has 2 heterocycles. The lowest BCUT2D eigenvalue weighted by atomic mass is 10.3. The van der Waals surface area contributed by atoms with Crippen LogP contribution < -0.4 is 10.6 Å². The first-order chi connectivity index (χ1) is 9.69. The minimum atomic E-state index is 0.700. The molecule has 108 valence electrons. The monoisotopic (exact) mass is 292 g/mol. The average molecular weight is 292 g/mol. The fraction of sp³-hybridized carbons (Fsp3) is 0.462. The van der Waals surface area contributed by atoms with Gasteiger partial charge in [0.15, 0.2) is 5.96 Å². The summed E-state index contributed by atoms with van der Waals surface area (Å²) in [6.45, 7) is 3.54. The topological polar surface area (TPSA) is 67.1 Å². The molecule has 2 aromatic rings. The molecule has 2 rings (SSSR count). The third kappa shape index (κ3) is 4.06. The maximum atomic E-state index is 4.44. The van der Waals surface area contributed by atoms with Crippen LogP contribution in [0.3, 0.4) is 0 Å². The van der Waals surface area contributed by atoms with E-state index in [0.29, 0.717) is 6.54 Å². The standard InChI is InChI=1S/C13H20N6S/c1-10-18-11(9-20-10)4-6-15-13(14-2)16-8-12-5-7-17-19(12)3/h5,7,9H,4,6,8H2,1-3H3,(H2,14,15,16). The number of rotatable bonds is 5. The highest BCUT2D eigenvalue weighted by Crippen LogP contribution is 2.07. The molecular formula is C13H20N6S. The number of thiazole rings is 1. The fourth-order valence-electron chi connectivity index (χ4n) is 1.80. The van der Waals surface area contributed by atoms with Gasteiger partial charge in [0.05, 0.1) is 22.9 Å². The van der Waals surface area contributed by atoms with Crippen LogP contribution in [0.5, 0.6) is 0 Å². The number of hydrogen-bond acceptors (Lipinski definition) is 4. The van der Waals surface area contributed by atoms with Gasteiger partial charge in [0, 0.05) is 38.6 Å². The molecule has 0 spiro atoms. The van der Waals surface area contributed by atoms with E-state index in [-0.39, 0.29) is 0 Å². The minimum Gasteiger partial charge on any atom is -0.356 e. The maximum Gasteiger partial charge on any atom is 0.191 e. The summed E-state index contributed by atoms with van der Waals surface area (Å²) in [5, 5.41) is 13.9. The third-order valence-electron chi connectivity index (χ3n) is 2.92. The van der Waals surface area contributed by atoms with Crippen molar-refractivity contribution in [2.75, 3.05) is 13.6 Å². The quantitative estimate of drug-likeness (QED) is 0.639. The molecule has 0 saturated heterocycles. The lowest BCUT2D eigenvalue weighted by Crippen LogP contribution is -2.38. The summed E-state index contributed by atoms with van der Waals surface area (Å²) in [6.07, 6.45) is 2.69. The van der Waals surface area contributed by atoms with Gasteiger partial charge in [0.2, 0.25) is 0 Å². The van der Waals surface area contributed by atoms with E-state index in [0.717, 1.165) is 35.3 Å². The number of hydrogen-bond donors (Lipinski definition) is 2. The van der Waals surface area contributed by atoms with Crippen molar-refractivity contribution in [1.82, 2.24) is 25.4 Å². The van der Waals surface area contributed by atoms with Crippen molar-refractivity contribution < 1.29 is 0 Å². The van der Waals surface area contributed by atoms with Gasteiger partial charge in [-0.1, -0.05) is 0 Å². The van der Waals surface area contributed by atoms with Gasteiger partial charge in [-0.05, 0) is 13.0 Å². The highest BCUT2D eigenvalue weighted by atomic mass is 32.1. The molecule has 0 saturated carbocycles. The van der Waals surface area contributed by atoms with Gasteiger partial charge in [-0.2, -0.15) is 5.10 Å². The molecule has 0 radical (unpaired) electrons. The van der Waals surface area contributed by atoms with Crippen LogP contribution in [0.15, 0.2) is 22.6 Å². The van der Waals surface area contributed by atoms with E-state index >= 15 is 0 Å². The Morgan fingerprint density at radius 3 is 2.90 bits per heavy atom. The number of aromatic nitrogens is 3. The molecule has 0 aromatic carbocycles. The molecule has 20 heavy (non-hydrogen) atoms. The van der Waals surface area contributed by atoms with Gasteiger partial charge in [0.25, 0.3) is 0 Å². The molecule has 0 unspecified atom stereocenters. The van der Waals surface area contributed by atoms with Gasteiger partial charge in [-0.3, -0.25) is 9.67 Å². The summed E-state index contributed by atoms with van der Waals surface area (Å²) >= 11 is 1.68. The molecule has 0 bridgehead atoms. The van der Waals surface area contributed by atoms with Crippen molar-refractivity contribution in [3.05, 3.63) is 34.0 Å². The molecular weight excluding hydrogens is 272 g/mol. The second-order valence-corrected chi connectivity index (χ2v) is 5.47. The van der Waals surface area contributed by atoms with E-state index in [1.54, 1.807) is 24.6 Å². The first-order valence-corrected chi connectivity index (χ1v) is 7.39. The Kier molecular flexibility index (Phi) is 5.11. The predicted octanol–water partition coefficient (Wildman–Crippen LogP) is 1.09. The molecule has 0 aliphatic heterocycles. The average Bonchev–Trinajstić information content (AvgIpc) is 3.03. The Bertz CT molecular complexity index is 571. The lowest BCUT2D eigenvalue weighted by Gasteiger charge is -2.11. The van der Waals surface area contributed by atoms with Crippen LogP contribution in [-0.2, 0) is 20.0 Å². The van der Waals surface area contributed by atoms with Gasteiger partial charge in [-0.15, -0.1) is 11.3 Å². The van der Waals surface area contributed by atoms with E-state index in [2.05, 4.69) is 31.1 Å². The van der Waals surface area contributed by atoms with E-state index in [1.165, 1.54) is 0 Å². The van der Waals surface area contributed by atoms with Crippen LogP contribution in [0.1, 0.15) is 16.4 Å². The van der Waals surface area contributed by atoms with E-state index in [9.17, 15) is 0 Å². The summed E-state index contributed by atoms with van der Waals surface area (Å²) in [4.78, 5) is 8.64. The molecule has 0 fully saturated rings. The van der Waals surface area contributed by atoms with E-state index in [4.69, 9.17) is 0 Å². The van der Waals surface area contributed by atoms with Crippen LogP contribution in [0, 0.1) is 6.92 Å². The maximum absolute atomic E-state index is 4.44. The second kappa shape index (κ2) is 7.04. The smallest absolute Gasteiger partial charge is 0.191 e. The summed E-state index contributed by atoms with van der Waals surface area (Å²) < 4.78 is 1.85. The van der Waals surface area contributed by atoms with Gasteiger partial charge >= 0.3 is 0 Å². The van der Waals surface area contributed by atoms with E-state index in [1.807, 2.05) is 24.7 Å². The molecule has 2 aromatic heterocycles. The minimum absolute atomic E-state index is 0.700. The highest BCUT2D eigenvalue weighted by molar-refractivity contribution is 7.09. The summed E-state index contributed by atoms with van der Waals surface area (Å²) in [5.41, 5.74) is 2.24. The normalized spacial score (nSPS) is 11.7. The molecule has 2 N–H and O–H groups in total. The Hall–Kier alpha value is -1.89. The Labute approximate surface area is 123 Å². The lowest BCUT2D eigenvalue weighted by molar-refractivity contribution is 0.683. The van der Waals surface area contributed by atoms with Crippen LogP contribution in [0.4, 0.5) is 0 Å². The largest absolute Gasteiger partial charge is 0.356 e. The van der Waals surface area contributed by atoms with Crippen molar-refractivity contribution in [3.63, 3.8) is 0 Å². The third-order valence-corrected chi connectivity index (χ3v) is 3.75. The zero-order chi connectivity index (χ0) is 14.4. The first-order valence-electron chi connectivity index (χ1n) is 6.51. The summed E-state index contributed by atoms with van der Waals surface area (Å²) in [7, 11) is 3.70. The highest BCUT2D eigenvalue weighted by Gasteiger charge is 2.02. The Morgan fingerprint density at radius 1 is 1.45 bits per heavy atom. The van der Waals surface area contributed by atoms with Crippen LogP contribution in [0.2, 0.25) is 0 Å². The molecule has 0 atom stereocenters. The molecule has 7 heteroatoms. The van der Waals surface area contributed by atoms with Gasteiger partial charge in [-0.25, -0.2) is 4.98 Å². The van der Waals surface area contributed by atoms with Crippen LogP contribution in [0.25, 0.3) is 0 Å². The van der Waals surface area contributed by atoms with Crippen molar-refractivity contribution in [3.8, 4) is 0 Å². The summed E-state index contributed by atoms with van der Waals surface area (Å²) in [6, 6.07) is 1.98. The SMILES string of the molecule is CN=C(NCCc1csc(C)n1)NCc1ccnn1C. The van der Waals surface area contributed by atoms with Crippen molar-refractivity contribution in [2.45, 2.75) is 19.9 Å². The van der Waals surface area contributed by atoms with Crippen LogP contribution in [-0.4, -0.2) is 34.3 Å². The van der Waals surface area contributed by atoms with Crippen molar-refractivity contribution in [1.29, 1.82) is 0 Å². The Balaban J connectivity index is 1.74. The molecule has 6 nitrogen and oxygen atoms in total. The van der Waals surface area contributed by atoms with Gasteiger partial charge in [0.1, 0.15) is 0 Å². The fourth-order valence-corrected chi connectivity index (χ4v) is 2.45. The molecule has 0 aliphatic carbocycles. The number of nitrogens with zero attached hydrogens (tertiary/aromatic N) is 4. The first kappa shape index (κ1) is 14.5. The summed E-state index contributed by atoms with van der Waals surface area (Å²) in [5.74, 6) is 0.790.